The summed E-state index contributed by atoms with van der Waals surface area (Å²) in [6.45, 7) is 0. The van der Waals surface area contributed by atoms with Crippen LogP contribution in [0.1, 0.15) is 21.5 Å². The third kappa shape index (κ3) is 5.06. The van der Waals surface area contributed by atoms with Crippen LogP contribution in [0.2, 0.25) is 0 Å². The highest BCUT2D eigenvalue weighted by Crippen LogP contribution is 2.31. The quantitative estimate of drug-likeness (QED) is 0.778. The number of hydrogen-bond donors (Lipinski definition) is 2. The fraction of sp³-hybridized carbons (Fsp3) is 0.176. The summed E-state index contributed by atoms with van der Waals surface area (Å²) in [5.74, 6) is -2.42. The van der Waals surface area contributed by atoms with Crippen LogP contribution in [-0.2, 0) is 17.4 Å². The Morgan fingerprint density at radius 3 is 2.24 bits per heavy atom. The number of alkyl halides is 3. The van der Waals surface area contributed by atoms with Crippen molar-refractivity contribution in [1.82, 2.24) is 5.32 Å². The number of carbonyl (C=O) groups is 2. The van der Waals surface area contributed by atoms with Gasteiger partial charge in [-0.15, -0.1) is 0 Å². The minimum atomic E-state index is -4.71. The van der Waals surface area contributed by atoms with E-state index in [0.29, 0.717) is 5.56 Å². The van der Waals surface area contributed by atoms with Crippen LogP contribution in [-0.4, -0.2) is 23.0 Å². The number of benzene rings is 2. The molecule has 0 saturated carbocycles. The third-order valence-electron chi connectivity index (χ3n) is 3.43. The molecule has 0 aliphatic carbocycles. The summed E-state index contributed by atoms with van der Waals surface area (Å²) in [6, 6.07) is 9.62. The SMILES string of the molecule is O=C(N[C@H](Cc1ccc(Br)cc1)C(=O)O)c1ccccc1C(F)(F)F. The fourth-order valence-corrected chi connectivity index (χ4v) is 2.48. The molecule has 0 aromatic heterocycles. The second-order valence-corrected chi connectivity index (χ2v) is 6.15. The van der Waals surface area contributed by atoms with E-state index in [1.807, 2.05) is 0 Å². The summed E-state index contributed by atoms with van der Waals surface area (Å²) in [7, 11) is 0. The minimum absolute atomic E-state index is 0.0530. The second-order valence-electron chi connectivity index (χ2n) is 5.24. The Morgan fingerprint density at radius 1 is 1.08 bits per heavy atom. The van der Waals surface area contributed by atoms with Crippen LogP contribution >= 0.6 is 15.9 Å². The van der Waals surface area contributed by atoms with E-state index in [0.717, 1.165) is 22.7 Å². The van der Waals surface area contributed by atoms with Crippen molar-refractivity contribution < 1.29 is 27.9 Å². The fourth-order valence-electron chi connectivity index (χ4n) is 2.22. The first kappa shape index (κ1) is 19.0. The number of rotatable bonds is 5. The van der Waals surface area contributed by atoms with Gasteiger partial charge in [-0.1, -0.05) is 40.2 Å². The molecule has 0 spiro atoms. The Morgan fingerprint density at radius 2 is 1.68 bits per heavy atom. The monoisotopic (exact) mass is 415 g/mol. The molecular formula is C17H13BrF3NO3. The number of carbonyl (C=O) groups excluding carboxylic acids is 1. The lowest BCUT2D eigenvalue weighted by atomic mass is 10.0. The molecule has 0 radical (unpaired) electrons. The topological polar surface area (TPSA) is 66.4 Å². The van der Waals surface area contributed by atoms with Crippen molar-refractivity contribution in [3.8, 4) is 0 Å². The van der Waals surface area contributed by atoms with Gasteiger partial charge in [0.15, 0.2) is 0 Å². The van der Waals surface area contributed by atoms with E-state index in [1.54, 1.807) is 24.3 Å². The molecule has 2 aromatic carbocycles. The summed E-state index contributed by atoms with van der Waals surface area (Å²) in [4.78, 5) is 23.6. The molecule has 25 heavy (non-hydrogen) atoms. The van der Waals surface area contributed by atoms with Gasteiger partial charge in [-0.3, -0.25) is 4.79 Å². The summed E-state index contributed by atoms with van der Waals surface area (Å²) < 4.78 is 39.8. The van der Waals surface area contributed by atoms with Gasteiger partial charge in [0.25, 0.3) is 5.91 Å². The molecule has 0 unspecified atom stereocenters. The Balaban J connectivity index is 2.21. The van der Waals surface area contributed by atoms with Gasteiger partial charge in [0.2, 0.25) is 0 Å². The number of amides is 1. The van der Waals surface area contributed by atoms with Crippen molar-refractivity contribution >= 4 is 27.8 Å². The molecule has 0 heterocycles. The Kier molecular flexibility index (Phi) is 5.84. The second kappa shape index (κ2) is 7.69. The van der Waals surface area contributed by atoms with E-state index in [2.05, 4.69) is 21.2 Å². The van der Waals surface area contributed by atoms with Gasteiger partial charge in [0.1, 0.15) is 6.04 Å². The molecule has 0 bridgehead atoms. The first-order valence-corrected chi connectivity index (χ1v) is 7.92. The molecule has 2 N–H and O–H groups in total. The van der Waals surface area contributed by atoms with Crippen LogP contribution in [0.25, 0.3) is 0 Å². The number of aliphatic carboxylic acids is 1. The van der Waals surface area contributed by atoms with Crippen molar-refractivity contribution in [2.75, 3.05) is 0 Å². The van der Waals surface area contributed by atoms with Crippen molar-refractivity contribution in [2.45, 2.75) is 18.6 Å². The Hall–Kier alpha value is -2.35. The van der Waals surface area contributed by atoms with Gasteiger partial charge >= 0.3 is 12.1 Å². The van der Waals surface area contributed by atoms with E-state index < -0.39 is 35.2 Å². The van der Waals surface area contributed by atoms with Crippen molar-refractivity contribution in [2.24, 2.45) is 0 Å². The Labute approximate surface area is 149 Å². The van der Waals surface area contributed by atoms with Crippen LogP contribution in [0.3, 0.4) is 0 Å². The van der Waals surface area contributed by atoms with Gasteiger partial charge in [-0.05, 0) is 29.8 Å². The molecule has 8 heteroatoms. The third-order valence-corrected chi connectivity index (χ3v) is 3.96. The minimum Gasteiger partial charge on any atom is -0.480 e. The van der Waals surface area contributed by atoms with Crippen LogP contribution in [0.5, 0.6) is 0 Å². The largest absolute Gasteiger partial charge is 0.480 e. The molecular weight excluding hydrogens is 403 g/mol. The standard InChI is InChI=1S/C17H13BrF3NO3/c18-11-7-5-10(6-8-11)9-14(16(24)25)22-15(23)12-3-1-2-4-13(12)17(19,20)21/h1-8,14H,9H2,(H,22,23)(H,24,25)/t14-/m1/s1. The highest BCUT2D eigenvalue weighted by Gasteiger charge is 2.35. The van der Waals surface area contributed by atoms with Gasteiger partial charge in [-0.25, -0.2) is 4.79 Å². The van der Waals surface area contributed by atoms with Crippen molar-refractivity contribution in [1.29, 1.82) is 0 Å². The highest BCUT2D eigenvalue weighted by atomic mass is 79.9. The predicted octanol–water partition coefficient (Wildman–Crippen LogP) is 3.89. The lowest BCUT2D eigenvalue weighted by molar-refractivity contribution is -0.139. The summed E-state index contributed by atoms with van der Waals surface area (Å²) in [5, 5.41) is 11.4. The van der Waals surface area contributed by atoms with Gasteiger partial charge < -0.3 is 10.4 Å². The van der Waals surface area contributed by atoms with E-state index in [-0.39, 0.29) is 6.42 Å². The number of nitrogens with one attached hydrogen (secondary N) is 1. The van der Waals surface area contributed by atoms with Gasteiger partial charge in [0.05, 0.1) is 11.1 Å². The normalized spacial score (nSPS) is 12.5. The average molecular weight is 416 g/mol. The molecule has 2 rings (SSSR count). The maximum atomic E-state index is 13.0. The number of carboxylic acids is 1. The molecule has 0 aliphatic rings. The van der Waals surface area contributed by atoms with E-state index in [4.69, 9.17) is 0 Å². The first-order valence-electron chi connectivity index (χ1n) is 7.13. The van der Waals surface area contributed by atoms with E-state index in [1.165, 1.54) is 6.07 Å². The van der Waals surface area contributed by atoms with Crippen LogP contribution in [0.4, 0.5) is 13.2 Å². The molecule has 0 fully saturated rings. The zero-order valence-electron chi connectivity index (χ0n) is 12.7. The maximum absolute atomic E-state index is 13.0. The smallest absolute Gasteiger partial charge is 0.417 e. The number of carboxylic acid groups (broad SMARTS) is 1. The molecule has 132 valence electrons. The van der Waals surface area contributed by atoms with Gasteiger partial charge in [0, 0.05) is 10.9 Å². The van der Waals surface area contributed by atoms with Crippen LogP contribution in [0, 0.1) is 0 Å². The van der Waals surface area contributed by atoms with Crippen molar-refractivity contribution in [3.05, 3.63) is 69.7 Å². The summed E-state index contributed by atoms with van der Waals surface area (Å²) >= 11 is 3.25. The predicted molar refractivity (Wildman–Crippen MR) is 88.2 cm³/mol. The highest BCUT2D eigenvalue weighted by molar-refractivity contribution is 9.10. The van der Waals surface area contributed by atoms with E-state index >= 15 is 0 Å². The maximum Gasteiger partial charge on any atom is 0.417 e. The summed E-state index contributed by atoms with van der Waals surface area (Å²) in [5.41, 5.74) is -1.10. The summed E-state index contributed by atoms with van der Waals surface area (Å²) in [6.07, 6.45) is -4.76. The Bertz CT molecular complexity index is 775. The molecule has 1 atom stereocenters. The zero-order chi connectivity index (χ0) is 18.6. The van der Waals surface area contributed by atoms with Crippen molar-refractivity contribution in [3.63, 3.8) is 0 Å². The van der Waals surface area contributed by atoms with Crippen LogP contribution < -0.4 is 5.32 Å². The van der Waals surface area contributed by atoms with E-state index in [9.17, 15) is 27.9 Å². The van der Waals surface area contributed by atoms with Gasteiger partial charge in [-0.2, -0.15) is 13.2 Å². The first-order chi connectivity index (χ1) is 11.7. The molecule has 0 aliphatic heterocycles. The molecule has 2 aromatic rings. The number of halogens is 4. The zero-order valence-corrected chi connectivity index (χ0v) is 14.3. The molecule has 4 nitrogen and oxygen atoms in total. The number of hydrogen-bond acceptors (Lipinski definition) is 2. The lowest BCUT2D eigenvalue weighted by Gasteiger charge is -2.17. The van der Waals surface area contributed by atoms with Crippen LogP contribution in [0.15, 0.2) is 53.0 Å². The lowest BCUT2D eigenvalue weighted by Crippen LogP contribution is -2.42. The average Bonchev–Trinajstić information content (AvgIpc) is 2.55. The molecule has 1 amide bonds. The molecule has 0 saturated heterocycles.